The van der Waals surface area contributed by atoms with Crippen molar-refractivity contribution < 1.29 is 0 Å². The normalized spacial score (nSPS) is 21.2. The fourth-order valence-electron chi connectivity index (χ4n) is 1.22. The lowest BCUT2D eigenvalue weighted by atomic mass is 10.4. The van der Waals surface area contributed by atoms with E-state index < -0.39 is 0 Å². The van der Waals surface area contributed by atoms with Crippen molar-refractivity contribution in [3.05, 3.63) is 23.4 Å². The molecular weight excluding hydrogens is 241 g/mol. The Labute approximate surface area is 83.6 Å². The second kappa shape index (κ2) is 2.78. The molecule has 64 valence electrons. The van der Waals surface area contributed by atoms with Crippen molar-refractivity contribution in [1.29, 1.82) is 0 Å². The second-order valence-electron chi connectivity index (χ2n) is 2.61. The largest absolute Gasteiger partial charge is 0.370 e. The van der Waals surface area contributed by atoms with Gasteiger partial charge in [-0.3, -0.25) is 4.57 Å². The minimum Gasteiger partial charge on any atom is -0.370 e. The van der Waals surface area contributed by atoms with Gasteiger partial charge < -0.3 is 5.32 Å². The van der Waals surface area contributed by atoms with Gasteiger partial charge in [0.25, 0.3) is 0 Å². The van der Waals surface area contributed by atoms with Crippen LogP contribution in [0.1, 0.15) is 18.9 Å². The summed E-state index contributed by atoms with van der Waals surface area (Å²) in [6.07, 6.45) is 3.69. The number of hydrogen-bond acceptors (Lipinski definition) is 2. The van der Waals surface area contributed by atoms with Crippen LogP contribution in [-0.4, -0.2) is 9.55 Å². The average molecular weight is 249 g/mol. The maximum absolute atomic E-state index is 5.93. The van der Waals surface area contributed by atoms with Gasteiger partial charge in [0.15, 0.2) is 5.82 Å². The summed E-state index contributed by atoms with van der Waals surface area (Å²) in [5, 5.41) is 3.79. The van der Waals surface area contributed by atoms with Crippen LogP contribution < -0.4 is 5.32 Å². The third-order valence-electron chi connectivity index (χ3n) is 1.80. The Hall–Kier alpha value is -0.480. The predicted octanol–water partition coefficient (Wildman–Crippen LogP) is 2.35. The summed E-state index contributed by atoms with van der Waals surface area (Å²) in [4.78, 5) is 4.16. The van der Waals surface area contributed by atoms with Crippen LogP contribution in [0.4, 0.5) is 0 Å². The number of fused-ring (bicyclic) bond motifs is 1. The third kappa shape index (κ3) is 1.06. The number of hydrogen-bond donors (Lipinski definition) is 1. The molecule has 1 aromatic heterocycles. The van der Waals surface area contributed by atoms with E-state index in [9.17, 15) is 0 Å². The first-order valence-corrected chi connectivity index (χ1v) is 4.72. The van der Waals surface area contributed by atoms with Crippen LogP contribution in [0, 0.1) is 0 Å². The molecule has 1 aliphatic rings. The molecule has 1 N–H and O–H groups in total. The van der Waals surface area contributed by atoms with E-state index in [4.69, 9.17) is 11.6 Å². The molecule has 2 rings (SSSR count). The lowest BCUT2D eigenvalue weighted by Gasteiger charge is -2.22. The van der Waals surface area contributed by atoms with Crippen molar-refractivity contribution in [2.75, 3.05) is 0 Å². The molecule has 0 saturated carbocycles. The lowest BCUT2D eigenvalue weighted by molar-refractivity contribution is 0.484. The van der Waals surface area contributed by atoms with E-state index in [1.165, 1.54) is 0 Å². The quantitative estimate of drug-likeness (QED) is 0.764. The molecule has 5 heteroatoms. The molecule has 0 amide bonds. The van der Waals surface area contributed by atoms with E-state index in [0.29, 0.717) is 5.15 Å². The van der Waals surface area contributed by atoms with Crippen molar-refractivity contribution in [2.45, 2.75) is 13.1 Å². The summed E-state index contributed by atoms with van der Waals surface area (Å²) in [5.41, 5.74) is 0. The van der Waals surface area contributed by atoms with Gasteiger partial charge in [-0.2, -0.15) is 0 Å². The van der Waals surface area contributed by atoms with Crippen molar-refractivity contribution in [3.63, 3.8) is 0 Å². The molecule has 1 unspecified atom stereocenters. The average Bonchev–Trinajstić information content (AvgIpc) is 2.42. The number of aromatic nitrogens is 2. The molecule has 0 bridgehead atoms. The van der Waals surface area contributed by atoms with Crippen LogP contribution in [0.3, 0.4) is 0 Å². The molecule has 1 aliphatic heterocycles. The Morgan fingerprint density at radius 3 is 3.17 bits per heavy atom. The van der Waals surface area contributed by atoms with E-state index in [1.54, 1.807) is 6.20 Å². The van der Waals surface area contributed by atoms with Crippen LogP contribution in [-0.2, 0) is 0 Å². The molecule has 2 heterocycles. The maximum Gasteiger partial charge on any atom is 0.151 e. The van der Waals surface area contributed by atoms with E-state index in [2.05, 4.69) is 26.2 Å². The van der Waals surface area contributed by atoms with Crippen molar-refractivity contribution in [2.24, 2.45) is 0 Å². The van der Waals surface area contributed by atoms with E-state index >= 15 is 0 Å². The Morgan fingerprint density at radius 1 is 1.75 bits per heavy atom. The summed E-state index contributed by atoms with van der Waals surface area (Å²) in [7, 11) is 0. The van der Waals surface area contributed by atoms with E-state index in [-0.39, 0.29) is 6.17 Å². The molecule has 0 aliphatic carbocycles. The number of rotatable bonds is 0. The number of imidazole rings is 1. The van der Waals surface area contributed by atoms with Crippen LogP contribution in [0.25, 0.3) is 4.48 Å². The maximum atomic E-state index is 5.93. The van der Waals surface area contributed by atoms with Gasteiger partial charge in [0.05, 0.1) is 10.7 Å². The van der Waals surface area contributed by atoms with Gasteiger partial charge in [-0.25, -0.2) is 4.98 Å². The zero-order valence-corrected chi connectivity index (χ0v) is 8.72. The zero-order chi connectivity index (χ0) is 8.72. The van der Waals surface area contributed by atoms with Crippen LogP contribution >= 0.6 is 27.5 Å². The van der Waals surface area contributed by atoms with Gasteiger partial charge in [0.1, 0.15) is 11.3 Å². The first kappa shape index (κ1) is 8.13. The smallest absolute Gasteiger partial charge is 0.151 e. The number of nitrogens with one attached hydrogen (secondary N) is 1. The van der Waals surface area contributed by atoms with E-state index in [0.717, 1.165) is 10.3 Å². The standard InChI is InChI=1S/C7H7BrClN3/c1-4-10-2-5(8)7-11-3-6(9)12(4)7/h2-4,10H,1H3. The molecule has 1 atom stereocenters. The van der Waals surface area contributed by atoms with Crippen LogP contribution in [0.5, 0.6) is 0 Å². The molecule has 0 aromatic carbocycles. The minimum absolute atomic E-state index is 0.163. The lowest BCUT2D eigenvalue weighted by Crippen LogP contribution is -2.24. The monoisotopic (exact) mass is 247 g/mol. The molecule has 0 spiro atoms. The van der Waals surface area contributed by atoms with Crippen LogP contribution in [0.15, 0.2) is 12.4 Å². The Bertz CT molecular complexity index is 344. The Morgan fingerprint density at radius 2 is 2.50 bits per heavy atom. The SMILES string of the molecule is CC1NC=C(Br)c2ncc(Cl)n21. The van der Waals surface area contributed by atoms with E-state index in [1.807, 2.05) is 17.7 Å². The summed E-state index contributed by atoms with van der Waals surface area (Å²) >= 11 is 9.31. The van der Waals surface area contributed by atoms with Gasteiger partial charge in [-0.1, -0.05) is 11.6 Å². The summed E-state index contributed by atoms with van der Waals surface area (Å²) in [6, 6.07) is 0. The third-order valence-corrected chi connectivity index (χ3v) is 2.67. The van der Waals surface area contributed by atoms with Gasteiger partial charge in [0.2, 0.25) is 0 Å². The highest BCUT2D eigenvalue weighted by Gasteiger charge is 2.19. The minimum atomic E-state index is 0.163. The molecule has 1 aromatic rings. The summed E-state index contributed by atoms with van der Waals surface area (Å²) < 4.78 is 2.85. The zero-order valence-electron chi connectivity index (χ0n) is 6.38. The van der Waals surface area contributed by atoms with Crippen LogP contribution in [0.2, 0.25) is 5.15 Å². The van der Waals surface area contributed by atoms with Crippen molar-refractivity contribution in [3.8, 4) is 0 Å². The van der Waals surface area contributed by atoms with Gasteiger partial charge in [-0.05, 0) is 22.9 Å². The topological polar surface area (TPSA) is 29.9 Å². The van der Waals surface area contributed by atoms with Gasteiger partial charge in [-0.15, -0.1) is 0 Å². The molecule has 3 nitrogen and oxygen atoms in total. The highest BCUT2D eigenvalue weighted by atomic mass is 79.9. The first-order valence-electron chi connectivity index (χ1n) is 3.55. The molecule has 12 heavy (non-hydrogen) atoms. The molecule has 0 saturated heterocycles. The first-order chi connectivity index (χ1) is 5.70. The Balaban J connectivity index is 2.61. The molecule has 0 radical (unpaired) electrons. The highest BCUT2D eigenvalue weighted by Crippen LogP contribution is 2.28. The molecule has 0 fully saturated rings. The highest BCUT2D eigenvalue weighted by molar-refractivity contribution is 9.15. The Kier molecular flexibility index (Phi) is 1.88. The fraction of sp³-hybridized carbons (Fsp3) is 0.286. The fourth-order valence-corrected chi connectivity index (χ4v) is 1.92. The summed E-state index contributed by atoms with van der Waals surface area (Å²) in [6.45, 7) is 2.02. The van der Waals surface area contributed by atoms with Crippen molar-refractivity contribution >= 4 is 32.0 Å². The second-order valence-corrected chi connectivity index (χ2v) is 3.85. The van der Waals surface area contributed by atoms with Crippen molar-refractivity contribution in [1.82, 2.24) is 14.9 Å². The number of nitrogens with zero attached hydrogens (tertiary/aromatic N) is 2. The van der Waals surface area contributed by atoms with Gasteiger partial charge in [0, 0.05) is 6.20 Å². The van der Waals surface area contributed by atoms with Gasteiger partial charge >= 0.3 is 0 Å². The predicted molar refractivity (Wildman–Crippen MR) is 52.0 cm³/mol. The number of halogens is 2. The summed E-state index contributed by atoms with van der Waals surface area (Å²) in [5.74, 6) is 0.867. The molecular formula is C7H7BrClN3.